The van der Waals surface area contributed by atoms with E-state index in [9.17, 15) is 9.59 Å². The molecule has 0 unspecified atom stereocenters. The van der Waals surface area contributed by atoms with Gasteiger partial charge < -0.3 is 19.3 Å². The van der Waals surface area contributed by atoms with Crippen molar-refractivity contribution in [1.29, 1.82) is 0 Å². The van der Waals surface area contributed by atoms with Crippen LogP contribution in [0.25, 0.3) is 0 Å². The lowest BCUT2D eigenvalue weighted by atomic mass is 9.75. The molecule has 5 rings (SSSR count). The standard InChI is InChI=1S/C25H34N4O4/c1-32-20-25-9-4-5-13-27(23(30)19-29-14-6-12-26-29)17-18-33-22-8-3-2-7-21(22)24(31)28(15-10-25)16-11-25/h2-3,6-8,12,14H,4-5,9-11,13,15-20H2,1H3. The highest BCUT2D eigenvalue weighted by molar-refractivity contribution is 5.97. The van der Waals surface area contributed by atoms with Crippen LogP contribution in [0.5, 0.6) is 5.75 Å². The highest BCUT2D eigenvalue weighted by Crippen LogP contribution is 2.38. The number of rotatable bonds is 4. The van der Waals surface area contributed by atoms with Crippen LogP contribution in [0.3, 0.4) is 0 Å². The summed E-state index contributed by atoms with van der Waals surface area (Å²) in [6, 6.07) is 9.22. The van der Waals surface area contributed by atoms with Crippen LogP contribution in [0.15, 0.2) is 42.7 Å². The van der Waals surface area contributed by atoms with Gasteiger partial charge in [0.25, 0.3) is 5.91 Å². The zero-order chi connectivity index (χ0) is 23.1. The summed E-state index contributed by atoms with van der Waals surface area (Å²) in [6.07, 6.45) is 8.31. The maximum atomic E-state index is 13.3. The molecule has 1 aromatic carbocycles. The summed E-state index contributed by atoms with van der Waals surface area (Å²) in [5.74, 6) is 0.610. The van der Waals surface area contributed by atoms with E-state index in [-0.39, 0.29) is 23.8 Å². The van der Waals surface area contributed by atoms with Crippen LogP contribution in [0.1, 0.15) is 42.5 Å². The predicted molar refractivity (Wildman–Crippen MR) is 124 cm³/mol. The maximum Gasteiger partial charge on any atom is 0.257 e. The normalized spacial score (nSPS) is 19.4. The lowest BCUT2D eigenvalue weighted by Gasteiger charge is -2.41. The maximum absolute atomic E-state index is 13.3. The fourth-order valence-electron chi connectivity index (χ4n) is 4.96. The molecule has 1 saturated heterocycles. The molecule has 3 aliphatic heterocycles. The van der Waals surface area contributed by atoms with Crippen molar-refractivity contribution in [3.8, 4) is 5.75 Å². The Bertz CT molecular complexity index is 922. The van der Waals surface area contributed by atoms with E-state index in [2.05, 4.69) is 5.10 Å². The van der Waals surface area contributed by atoms with E-state index in [1.807, 2.05) is 40.1 Å². The second-order valence-electron chi connectivity index (χ2n) is 9.11. The summed E-state index contributed by atoms with van der Waals surface area (Å²) < 4.78 is 13.3. The molecule has 33 heavy (non-hydrogen) atoms. The Hall–Kier alpha value is -2.87. The van der Waals surface area contributed by atoms with Crippen LogP contribution < -0.4 is 4.74 Å². The van der Waals surface area contributed by atoms with Gasteiger partial charge in [-0.2, -0.15) is 5.10 Å². The molecule has 2 aromatic rings. The Morgan fingerprint density at radius 3 is 2.67 bits per heavy atom. The lowest BCUT2D eigenvalue weighted by molar-refractivity contribution is -0.132. The van der Waals surface area contributed by atoms with E-state index in [0.29, 0.717) is 37.6 Å². The second-order valence-corrected chi connectivity index (χ2v) is 9.11. The molecule has 8 nitrogen and oxygen atoms in total. The molecule has 0 aliphatic carbocycles. The number of nitrogens with zero attached hydrogens (tertiary/aromatic N) is 4. The van der Waals surface area contributed by atoms with Gasteiger partial charge in [0.1, 0.15) is 18.9 Å². The number of piperidine rings is 1. The SMILES string of the molecule is COCC12CCCCN(C(=O)Cn3cccn3)CCOc3ccccc3C(=O)N(CC1)CC2. The number of aromatic nitrogens is 2. The first-order valence-corrected chi connectivity index (χ1v) is 11.9. The highest BCUT2D eigenvalue weighted by Gasteiger charge is 2.36. The Morgan fingerprint density at radius 2 is 1.91 bits per heavy atom. The van der Waals surface area contributed by atoms with Gasteiger partial charge >= 0.3 is 0 Å². The van der Waals surface area contributed by atoms with Crippen molar-refractivity contribution in [2.75, 3.05) is 46.5 Å². The summed E-state index contributed by atoms with van der Waals surface area (Å²) >= 11 is 0. The van der Waals surface area contributed by atoms with E-state index in [1.165, 1.54) is 0 Å². The molecule has 0 saturated carbocycles. The number of fused-ring (bicyclic) bond motifs is 9. The van der Waals surface area contributed by atoms with Crippen molar-refractivity contribution in [3.05, 3.63) is 48.3 Å². The summed E-state index contributed by atoms with van der Waals surface area (Å²) in [5.41, 5.74) is 0.673. The van der Waals surface area contributed by atoms with E-state index in [4.69, 9.17) is 9.47 Å². The first-order chi connectivity index (χ1) is 16.1. The highest BCUT2D eigenvalue weighted by atomic mass is 16.5. The number of para-hydroxylation sites is 1. The molecule has 4 heterocycles. The van der Waals surface area contributed by atoms with Crippen LogP contribution in [0.4, 0.5) is 0 Å². The number of amides is 2. The Morgan fingerprint density at radius 1 is 1.09 bits per heavy atom. The minimum Gasteiger partial charge on any atom is -0.491 e. The van der Waals surface area contributed by atoms with Gasteiger partial charge in [0.05, 0.1) is 18.7 Å². The van der Waals surface area contributed by atoms with Gasteiger partial charge in [-0.3, -0.25) is 14.3 Å². The van der Waals surface area contributed by atoms with Crippen LogP contribution in [-0.2, 0) is 16.1 Å². The first-order valence-electron chi connectivity index (χ1n) is 11.9. The zero-order valence-electron chi connectivity index (χ0n) is 19.4. The van der Waals surface area contributed by atoms with Crippen molar-refractivity contribution in [3.63, 3.8) is 0 Å². The summed E-state index contributed by atoms with van der Waals surface area (Å²) in [7, 11) is 1.76. The molecular weight excluding hydrogens is 420 g/mol. The fraction of sp³-hybridized carbons (Fsp3) is 0.560. The third-order valence-corrected chi connectivity index (χ3v) is 6.89. The Balaban J connectivity index is 1.53. The lowest BCUT2D eigenvalue weighted by Crippen LogP contribution is -2.45. The fourth-order valence-corrected chi connectivity index (χ4v) is 4.96. The number of hydrogen-bond donors (Lipinski definition) is 0. The number of carbonyl (C=O) groups is 2. The molecule has 0 atom stereocenters. The molecule has 2 amide bonds. The van der Waals surface area contributed by atoms with Gasteiger partial charge in [0, 0.05) is 39.1 Å². The molecule has 178 valence electrons. The zero-order valence-corrected chi connectivity index (χ0v) is 19.4. The Kier molecular flexibility index (Phi) is 7.65. The number of carbonyl (C=O) groups excluding carboxylic acids is 2. The largest absolute Gasteiger partial charge is 0.491 e. The number of methoxy groups -OCH3 is 1. The smallest absolute Gasteiger partial charge is 0.257 e. The minimum absolute atomic E-state index is 0.0121. The monoisotopic (exact) mass is 454 g/mol. The van der Waals surface area contributed by atoms with Crippen LogP contribution in [0.2, 0.25) is 0 Å². The summed E-state index contributed by atoms with van der Waals surface area (Å²) in [4.78, 5) is 30.1. The number of benzene rings is 1. The summed E-state index contributed by atoms with van der Waals surface area (Å²) in [6.45, 7) is 3.86. The van der Waals surface area contributed by atoms with E-state index < -0.39 is 0 Å². The molecular formula is C25H34N4O4. The average Bonchev–Trinajstić information content (AvgIpc) is 3.33. The molecule has 2 bridgehead atoms. The van der Waals surface area contributed by atoms with Crippen molar-refractivity contribution in [1.82, 2.24) is 19.6 Å². The molecule has 0 spiro atoms. The second kappa shape index (κ2) is 10.8. The quantitative estimate of drug-likeness (QED) is 0.710. The van der Waals surface area contributed by atoms with Gasteiger partial charge in [0.15, 0.2) is 0 Å². The number of hydrogen-bond acceptors (Lipinski definition) is 5. The van der Waals surface area contributed by atoms with Gasteiger partial charge in [-0.25, -0.2) is 0 Å². The summed E-state index contributed by atoms with van der Waals surface area (Å²) in [5, 5.41) is 4.16. The van der Waals surface area contributed by atoms with Crippen LogP contribution >= 0.6 is 0 Å². The van der Waals surface area contributed by atoms with E-state index >= 15 is 0 Å². The topological polar surface area (TPSA) is 76.9 Å². The predicted octanol–water partition coefficient (Wildman–Crippen LogP) is 2.84. The average molecular weight is 455 g/mol. The first kappa shape index (κ1) is 23.3. The molecule has 1 fully saturated rings. The van der Waals surface area contributed by atoms with E-state index in [1.54, 1.807) is 24.2 Å². The molecule has 8 heteroatoms. The van der Waals surface area contributed by atoms with Crippen molar-refractivity contribution in [2.45, 2.75) is 38.6 Å². The molecule has 0 N–H and O–H groups in total. The van der Waals surface area contributed by atoms with Crippen LogP contribution in [0, 0.1) is 5.41 Å². The van der Waals surface area contributed by atoms with Gasteiger partial charge in [-0.05, 0) is 49.3 Å². The Labute approximate surface area is 195 Å². The van der Waals surface area contributed by atoms with Crippen molar-refractivity contribution < 1.29 is 19.1 Å². The van der Waals surface area contributed by atoms with Crippen LogP contribution in [-0.4, -0.2) is 77.9 Å². The third kappa shape index (κ3) is 5.74. The third-order valence-electron chi connectivity index (χ3n) is 6.89. The molecule has 0 radical (unpaired) electrons. The number of ether oxygens (including phenoxy) is 2. The molecule has 1 aromatic heterocycles. The molecule has 3 aliphatic rings. The van der Waals surface area contributed by atoms with Gasteiger partial charge in [0.2, 0.25) is 5.91 Å². The minimum atomic E-state index is 0.0121. The van der Waals surface area contributed by atoms with E-state index in [0.717, 1.165) is 45.2 Å². The van der Waals surface area contributed by atoms with Crippen molar-refractivity contribution >= 4 is 11.8 Å². The van der Waals surface area contributed by atoms with Gasteiger partial charge in [-0.15, -0.1) is 0 Å². The van der Waals surface area contributed by atoms with Crippen molar-refractivity contribution in [2.24, 2.45) is 5.41 Å². The van der Waals surface area contributed by atoms with Gasteiger partial charge in [-0.1, -0.05) is 18.6 Å².